The molecule has 5 nitrogen and oxygen atoms in total. The van der Waals surface area contributed by atoms with Gasteiger partial charge in [0.1, 0.15) is 0 Å². The fourth-order valence-corrected chi connectivity index (χ4v) is 4.98. The molecule has 0 bridgehead atoms. The second-order valence-electron chi connectivity index (χ2n) is 9.12. The zero-order chi connectivity index (χ0) is 24.1. The molecule has 4 rings (SSSR count). The van der Waals surface area contributed by atoms with Gasteiger partial charge in [-0.2, -0.15) is 13.2 Å². The van der Waals surface area contributed by atoms with Gasteiger partial charge in [-0.05, 0) is 63.0 Å². The monoisotopic (exact) mass is 491 g/mol. The summed E-state index contributed by atoms with van der Waals surface area (Å²) < 4.78 is 46.7. The predicted octanol–water partition coefficient (Wildman–Crippen LogP) is 5.85. The summed E-state index contributed by atoms with van der Waals surface area (Å²) in [4.78, 5) is 12.2. The molecule has 192 valence electrons. The smallest absolute Gasteiger partial charge is 0.378 e. The Hall–Kier alpha value is -2.58. The summed E-state index contributed by atoms with van der Waals surface area (Å²) in [6, 6.07) is 13.7. The number of fused-ring (bicyclic) bond motifs is 3. The number of amides is 1. The van der Waals surface area contributed by atoms with Gasteiger partial charge in [-0.15, -0.1) is 0 Å². The second kappa shape index (κ2) is 11.9. The van der Waals surface area contributed by atoms with Crippen LogP contribution < -0.4 is 16.0 Å². The number of unbranched alkanes of at least 4 members (excludes halogenated alkanes) is 1. The summed E-state index contributed by atoms with van der Waals surface area (Å²) in [7, 11) is 1.88. The first kappa shape index (κ1) is 27.0. The summed E-state index contributed by atoms with van der Waals surface area (Å²) in [6.45, 7) is 1.24. The Morgan fingerprint density at radius 1 is 1.11 bits per heavy atom. The van der Waals surface area contributed by atoms with Gasteiger partial charge in [-0.25, -0.2) is 0 Å². The lowest BCUT2D eigenvalue weighted by Crippen LogP contribution is -2.43. The average molecular weight is 492 g/mol. The third-order valence-corrected chi connectivity index (χ3v) is 6.74. The molecular weight excluding hydrogens is 455 g/mol. The summed E-state index contributed by atoms with van der Waals surface area (Å²) in [5.74, 6) is -0.0269. The molecule has 1 fully saturated rings. The number of ether oxygens (including phenoxy) is 1. The lowest BCUT2D eigenvalue weighted by Gasteiger charge is -2.46. The first-order valence-corrected chi connectivity index (χ1v) is 12.0. The summed E-state index contributed by atoms with van der Waals surface area (Å²) >= 11 is 0. The maximum atomic E-state index is 13.4. The molecule has 1 saturated heterocycles. The van der Waals surface area contributed by atoms with Crippen molar-refractivity contribution >= 4 is 11.6 Å². The number of carbonyl (C=O) groups is 1. The summed E-state index contributed by atoms with van der Waals surface area (Å²) in [5, 5.41) is 9.48. The topological polar surface area (TPSA) is 62.4 Å². The SMILES string of the molecule is C.CNCCCCC(=O)NCC1CCC2C(O1)c1cc(C(F)(F)F)ccc1N[C@H]2c1ccccc1. The second-order valence-corrected chi connectivity index (χ2v) is 9.12. The van der Waals surface area contributed by atoms with E-state index < -0.39 is 17.8 Å². The van der Waals surface area contributed by atoms with Crippen LogP contribution in [0.2, 0.25) is 0 Å². The quantitative estimate of drug-likeness (QED) is 0.406. The zero-order valence-electron chi connectivity index (χ0n) is 19.3. The fourth-order valence-electron chi connectivity index (χ4n) is 4.98. The maximum Gasteiger partial charge on any atom is 0.416 e. The summed E-state index contributed by atoms with van der Waals surface area (Å²) in [6.07, 6.45) is -1.42. The minimum atomic E-state index is -4.42. The number of anilines is 1. The molecule has 8 heteroatoms. The average Bonchev–Trinajstić information content (AvgIpc) is 2.84. The number of nitrogens with one attached hydrogen (secondary N) is 3. The van der Waals surface area contributed by atoms with E-state index in [4.69, 9.17) is 4.74 Å². The lowest BCUT2D eigenvalue weighted by atomic mass is 9.76. The number of hydrogen-bond acceptors (Lipinski definition) is 4. The Morgan fingerprint density at radius 3 is 2.60 bits per heavy atom. The van der Waals surface area contributed by atoms with Crippen molar-refractivity contribution in [3.63, 3.8) is 0 Å². The number of alkyl halides is 3. The highest BCUT2D eigenvalue weighted by molar-refractivity contribution is 5.75. The molecular formula is C27H36F3N3O2. The van der Waals surface area contributed by atoms with Crippen LogP contribution in [-0.4, -0.2) is 32.1 Å². The normalized spacial score (nSPS) is 23.3. The van der Waals surface area contributed by atoms with E-state index in [0.717, 1.165) is 43.9 Å². The molecule has 0 saturated carbocycles. The van der Waals surface area contributed by atoms with Crippen LogP contribution in [0.3, 0.4) is 0 Å². The number of hydrogen-bond donors (Lipinski definition) is 3. The van der Waals surface area contributed by atoms with Gasteiger partial charge in [-0.3, -0.25) is 4.79 Å². The van der Waals surface area contributed by atoms with E-state index in [1.807, 2.05) is 37.4 Å². The Kier molecular flexibility index (Phi) is 9.19. The Balaban J connectivity index is 0.00000342. The summed E-state index contributed by atoms with van der Waals surface area (Å²) in [5.41, 5.74) is 1.61. The van der Waals surface area contributed by atoms with Crippen LogP contribution in [0.15, 0.2) is 48.5 Å². The first-order chi connectivity index (χ1) is 16.4. The molecule has 35 heavy (non-hydrogen) atoms. The van der Waals surface area contributed by atoms with E-state index in [2.05, 4.69) is 16.0 Å². The van der Waals surface area contributed by atoms with Crippen LogP contribution in [0.4, 0.5) is 18.9 Å². The number of rotatable bonds is 8. The van der Waals surface area contributed by atoms with Crippen molar-refractivity contribution < 1.29 is 22.7 Å². The first-order valence-electron chi connectivity index (χ1n) is 12.0. The molecule has 0 aliphatic carbocycles. The standard InChI is InChI=1S/C26H32F3N3O2.CH4/c1-30-14-6-5-9-23(33)31-16-19-11-12-20-24(17-7-3-2-4-8-17)32-22-13-10-18(26(27,28)29)15-21(22)25(20)34-19;/h2-4,7-8,10,13,15,19-20,24-25,30,32H,5-6,9,11-12,14,16H2,1H3,(H,31,33);1H4/t19?,20?,24-,25?;/m0./s1. The van der Waals surface area contributed by atoms with E-state index in [1.54, 1.807) is 0 Å². The van der Waals surface area contributed by atoms with E-state index in [1.165, 1.54) is 12.1 Å². The zero-order valence-corrected chi connectivity index (χ0v) is 19.3. The molecule has 2 aliphatic heterocycles. The minimum absolute atomic E-state index is 0. The Morgan fingerprint density at radius 2 is 1.89 bits per heavy atom. The fraction of sp³-hybridized carbons (Fsp3) is 0.519. The van der Waals surface area contributed by atoms with Crippen molar-refractivity contribution in [2.24, 2.45) is 5.92 Å². The molecule has 4 atom stereocenters. The molecule has 2 aromatic carbocycles. The highest BCUT2D eigenvalue weighted by Gasteiger charge is 2.43. The van der Waals surface area contributed by atoms with Crippen molar-refractivity contribution in [3.8, 4) is 0 Å². The predicted molar refractivity (Wildman–Crippen MR) is 132 cm³/mol. The van der Waals surface area contributed by atoms with Gasteiger partial charge >= 0.3 is 6.18 Å². The van der Waals surface area contributed by atoms with Crippen molar-refractivity contribution in [2.45, 2.75) is 64.0 Å². The molecule has 2 heterocycles. The van der Waals surface area contributed by atoms with Crippen molar-refractivity contribution in [2.75, 3.05) is 25.5 Å². The molecule has 2 aliphatic rings. The van der Waals surface area contributed by atoms with Gasteiger partial charge in [-0.1, -0.05) is 37.8 Å². The molecule has 1 amide bonds. The molecule has 0 aromatic heterocycles. The minimum Gasteiger partial charge on any atom is -0.378 e. The van der Waals surface area contributed by atoms with Crippen LogP contribution in [0.5, 0.6) is 0 Å². The van der Waals surface area contributed by atoms with Gasteiger partial charge in [0.25, 0.3) is 0 Å². The molecule has 3 unspecified atom stereocenters. The largest absolute Gasteiger partial charge is 0.416 e. The molecule has 2 aromatic rings. The van der Waals surface area contributed by atoms with Gasteiger partial charge in [0.05, 0.1) is 23.8 Å². The highest BCUT2D eigenvalue weighted by Crippen LogP contribution is 2.51. The Bertz CT molecular complexity index is 968. The van der Waals surface area contributed by atoms with Gasteiger partial charge < -0.3 is 20.7 Å². The number of carbonyl (C=O) groups excluding carboxylic acids is 1. The third kappa shape index (κ3) is 6.55. The van der Waals surface area contributed by atoms with Crippen LogP contribution in [0.1, 0.15) is 68.4 Å². The lowest BCUT2D eigenvalue weighted by molar-refractivity contribution is -0.138. The maximum absolute atomic E-state index is 13.4. The van der Waals surface area contributed by atoms with Crippen LogP contribution in [0.25, 0.3) is 0 Å². The van der Waals surface area contributed by atoms with Crippen molar-refractivity contribution in [1.29, 1.82) is 0 Å². The van der Waals surface area contributed by atoms with E-state index >= 15 is 0 Å². The number of halogens is 3. The molecule has 0 spiro atoms. The van der Waals surface area contributed by atoms with E-state index in [0.29, 0.717) is 24.2 Å². The van der Waals surface area contributed by atoms with Crippen LogP contribution in [0, 0.1) is 5.92 Å². The molecule has 0 radical (unpaired) electrons. The van der Waals surface area contributed by atoms with E-state index in [-0.39, 0.29) is 31.4 Å². The van der Waals surface area contributed by atoms with E-state index in [9.17, 15) is 18.0 Å². The van der Waals surface area contributed by atoms with Gasteiger partial charge in [0.15, 0.2) is 0 Å². The number of benzene rings is 2. The Labute approximate surface area is 205 Å². The highest BCUT2D eigenvalue weighted by atomic mass is 19.4. The van der Waals surface area contributed by atoms with Crippen LogP contribution in [-0.2, 0) is 15.7 Å². The molecule has 3 N–H and O–H groups in total. The van der Waals surface area contributed by atoms with Crippen molar-refractivity contribution in [1.82, 2.24) is 10.6 Å². The third-order valence-electron chi connectivity index (χ3n) is 6.74. The van der Waals surface area contributed by atoms with Crippen LogP contribution >= 0.6 is 0 Å². The van der Waals surface area contributed by atoms with Gasteiger partial charge in [0.2, 0.25) is 5.91 Å². The van der Waals surface area contributed by atoms with Gasteiger partial charge in [0, 0.05) is 30.1 Å². The van der Waals surface area contributed by atoms with Crippen molar-refractivity contribution in [3.05, 3.63) is 65.2 Å².